The van der Waals surface area contributed by atoms with E-state index < -0.39 is 24.0 Å². The predicted octanol–water partition coefficient (Wildman–Crippen LogP) is 10.4. The predicted molar refractivity (Wildman–Crippen MR) is 169 cm³/mol. The SMILES string of the molecule is CC1=C(C)C(C)[C]([Ti]([NH]C2CCCCCCCCCCC2)[SiH](C)C)=C1C.c1ccc(-c2ccccc2)cc1. The summed E-state index contributed by atoms with van der Waals surface area (Å²) in [5, 5.41) is 0. The molecule has 0 aliphatic heterocycles. The molecule has 0 bridgehead atoms. The fourth-order valence-electron chi connectivity index (χ4n) is 6.14. The summed E-state index contributed by atoms with van der Waals surface area (Å²) in [6.07, 6.45) is 16.1. The molecule has 1 unspecified atom stereocenters. The standard InChI is InChI=1S/C12H24N.C12H10.C9H13.C2H7Si.Ti/c13-12-10-8-6-4-2-1-3-5-7-9-11-12;1-3-7-11(8-4-1)12-9-5-2-6-10-12;1-6-5-7(2)9(4)8(6)3;1-3-2;/h12-13H,1-11H2;1-10H;6H,1-4H3;3H,1-2H3;/q-1;;;;+1. The van der Waals surface area contributed by atoms with E-state index in [1.807, 2.05) is 16.0 Å². The first-order valence-electron chi connectivity index (χ1n) is 15.5. The summed E-state index contributed by atoms with van der Waals surface area (Å²) in [6.45, 7) is 14.3. The first-order valence-corrected chi connectivity index (χ1v) is 22.7. The molecule has 0 heterocycles. The maximum atomic E-state index is 4.40. The van der Waals surface area contributed by atoms with Crippen LogP contribution in [0.25, 0.3) is 11.1 Å². The van der Waals surface area contributed by atoms with Gasteiger partial charge in [-0.05, 0) is 11.1 Å². The van der Waals surface area contributed by atoms with Crippen LogP contribution in [0.4, 0.5) is 0 Å². The number of benzene rings is 2. The van der Waals surface area contributed by atoms with Crippen LogP contribution in [0.2, 0.25) is 13.1 Å². The van der Waals surface area contributed by atoms with Gasteiger partial charge in [-0.15, -0.1) is 0 Å². The second-order valence-electron chi connectivity index (χ2n) is 12.0. The van der Waals surface area contributed by atoms with Gasteiger partial charge in [0.2, 0.25) is 0 Å². The van der Waals surface area contributed by atoms with Gasteiger partial charge in [0.25, 0.3) is 0 Å². The fourth-order valence-corrected chi connectivity index (χ4v) is 17.8. The summed E-state index contributed by atoms with van der Waals surface area (Å²) in [7, 11) is 0. The molecule has 2 aromatic rings. The molecular weight excluding hydrogens is 510 g/mol. The van der Waals surface area contributed by atoms with E-state index >= 15 is 0 Å². The average Bonchev–Trinajstić information content (AvgIpc) is 3.12. The zero-order valence-corrected chi connectivity index (χ0v) is 28.0. The molecule has 1 nitrogen and oxygen atoms in total. The Morgan fingerprint density at radius 3 is 1.42 bits per heavy atom. The van der Waals surface area contributed by atoms with Crippen molar-refractivity contribution >= 4 is 6.66 Å². The van der Waals surface area contributed by atoms with Gasteiger partial charge in [-0.25, -0.2) is 0 Å². The van der Waals surface area contributed by atoms with Crippen molar-refractivity contribution in [2.45, 2.75) is 117 Å². The van der Waals surface area contributed by atoms with Crippen molar-refractivity contribution in [1.29, 1.82) is 0 Å². The van der Waals surface area contributed by atoms with E-state index in [0.717, 1.165) is 12.0 Å². The molecule has 0 saturated heterocycles. The molecule has 4 rings (SSSR count). The van der Waals surface area contributed by atoms with Gasteiger partial charge in [0.05, 0.1) is 0 Å². The van der Waals surface area contributed by atoms with Crippen LogP contribution in [-0.2, 0) is 17.4 Å². The van der Waals surface area contributed by atoms with Gasteiger partial charge in [0.1, 0.15) is 0 Å². The van der Waals surface area contributed by atoms with Crippen molar-refractivity contribution in [3.8, 4) is 11.1 Å². The molecule has 0 amide bonds. The smallest absolute Gasteiger partial charge is 0.0184 e. The Labute approximate surface area is 242 Å². The number of nitrogens with one attached hydrogen (secondary N) is 1. The normalized spacial score (nSPS) is 20.0. The third-order valence-electron chi connectivity index (χ3n) is 8.85. The molecule has 2 aliphatic rings. The Kier molecular flexibility index (Phi) is 13.9. The van der Waals surface area contributed by atoms with Crippen LogP contribution >= 0.6 is 0 Å². The van der Waals surface area contributed by atoms with Crippen LogP contribution < -0.4 is 3.80 Å². The molecule has 2 aromatic carbocycles. The van der Waals surface area contributed by atoms with Gasteiger partial charge in [0.15, 0.2) is 0 Å². The van der Waals surface area contributed by atoms with E-state index in [9.17, 15) is 0 Å². The van der Waals surface area contributed by atoms with Gasteiger partial charge < -0.3 is 0 Å². The topological polar surface area (TPSA) is 12.0 Å². The minimum Gasteiger partial charge on any atom is -0.0622 e. The summed E-state index contributed by atoms with van der Waals surface area (Å²) in [5.41, 5.74) is 7.48. The Bertz CT molecular complexity index is 961. The molecule has 38 heavy (non-hydrogen) atoms. The largest absolute Gasteiger partial charge is 0.0622 e. The van der Waals surface area contributed by atoms with E-state index in [0.29, 0.717) is 0 Å². The first kappa shape index (κ1) is 31.3. The molecule has 2 aliphatic carbocycles. The van der Waals surface area contributed by atoms with Gasteiger partial charge in [-0.2, -0.15) is 0 Å². The Morgan fingerprint density at radius 1 is 0.632 bits per heavy atom. The second kappa shape index (κ2) is 16.8. The van der Waals surface area contributed by atoms with E-state index in [2.05, 4.69) is 93.1 Å². The summed E-state index contributed by atoms with van der Waals surface area (Å²) in [5.74, 6) is 0.721. The molecule has 0 spiro atoms. The zero-order valence-electron chi connectivity index (χ0n) is 25.3. The average molecular weight is 565 g/mol. The van der Waals surface area contributed by atoms with Crippen LogP contribution in [0.3, 0.4) is 0 Å². The molecular formula is C35H54NSiTi. The minimum absolute atomic E-state index is 0.632. The molecule has 1 saturated carbocycles. The van der Waals surface area contributed by atoms with E-state index in [1.165, 1.54) is 81.8 Å². The Hall–Kier alpha value is -1.19. The molecule has 1 fully saturated rings. The van der Waals surface area contributed by atoms with E-state index in [4.69, 9.17) is 0 Å². The van der Waals surface area contributed by atoms with E-state index in [1.54, 1.807) is 16.7 Å². The molecule has 207 valence electrons. The number of allylic oxidation sites excluding steroid dienone is 4. The van der Waals surface area contributed by atoms with Crippen molar-refractivity contribution in [1.82, 2.24) is 3.80 Å². The van der Waals surface area contributed by atoms with Crippen LogP contribution in [0.15, 0.2) is 81.3 Å². The summed E-state index contributed by atoms with van der Waals surface area (Å²) < 4.78 is 6.31. The van der Waals surface area contributed by atoms with Crippen LogP contribution in [0, 0.1) is 5.92 Å². The van der Waals surface area contributed by atoms with Gasteiger partial charge >= 0.3 is 172 Å². The van der Waals surface area contributed by atoms with Crippen molar-refractivity contribution in [2.24, 2.45) is 5.92 Å². The monoisotopic (exact) mass is 564 g/mol. The van der Waals surface area contributed by atoms with Crippen LogP contribution in [0.5, 0.6) is 0 Å². The number of rotatable bonds is 5. The summed E-state index contributed by atoms with van der Waals surface area (Å²) in [4.78, 5) is 0. The molecule has 3 heteroatoms. The summed E-state index contributed by atoms with van der Waals surface area (Å²) in [6, 6.07) is 21.6. The van der Waals surface area contributed by atoms with Gasteiger partial charge in [0, 0.05) is 0 Å². The summed E-state index contributed by atoms with van der Waals surface area (Å²) >= 11 is -1.31. The van der Waals surface area contributed by atoms with Gasteiger partial charge in [-0.3, -0.25) is 0 Å². The minimum atomic E-state index is -1.31. The maximum Gasteiger partial charge on any atom is -0.0184 e. The molecule has 0 radical (unpaired) electrons. The third kappa shape index (κ3) is 9.47. The van der Waals surface area contributed by atoms with E-state index in [-0.39, 0.29) is 0 Å². The second-order valence-corrected chi connectivity index (χ2v) is 24.7. The number of hydrogen-bond acceptors (Lipinski definition) is 1. The van der Waals surface area contributed by atoms with Gasteiger partial charge in [-0.1, -0.05) is 60.7 Å². The van der Waals surface area contributed by atoms with Crippen LogP contribution in [-0.4, -0.2) is 12.7 Å². The quantitative estimate of drug-likeness (QED) is 0.356. The molecule has 0 aromatic heterocycles. The maximum absolute atomic E-state index is 4.40. The third-order valence-corrected chi connectivity index (χ3v) is 20.7. The Morgan fingerprint density at radius 2 is 1.05 bits per heavy atom. The molecule has 1 atom stereocenters. The first-order chi connectivity index (χ1) is 18.4. The van der Waals surface area contributed by atoms with Crippen molar-refractivity contribution in [3.63, 3.8) is 0 Å². The Balaban J connectivity index is 0.000000275. The van der Waals surface area contributed by atoms with Crippen molar-refractivity contribution in [3.05, 3.63) is 81.3 Å². The van der Waals surface area contributed by atoms with Crippen LogP contribution in [0.1, 0.15) is 98.3 Å². The zero-order chi connectivity index (χ0) is 27.3. The van der Waals surface area contributed by atoms with Crippen molar-refractivity contribution < 1.29 is 17.4 Å². The fraction of sp³-hybridized carbons (Fsp3) is 0.543. The molecule has 1 N–H and O–H groups in total. The number of hydrogen-bond donors (Lipinski definition) is 1. The van der Waals surface area contributed by atoms with Crippen molar-refractivity contribution in [2.75, 3.05) is 0 Å².